The van der Waals surface area contributed by atoms with E-state index in [2.05, 4.69) is 10.3 Å². The maximum Gasteiger partial charge on any atom is 0.256 e. The summed E-state index contributed by atoms with van der Waals surface area (Å²) in [6.45, 7) is 4.01. The zero-order chi connectivity index (χ0) is 15.7. The Morgan fingerprint density at radius 1 is 1.09 bits per heavy atom. The zero-order valence-electron chi connectivity index (χ0n) is 12.4. The molecule has 0 radical (unpaired) electrons. The Bertz CT molecular complexity index is 874. The lowest BCUT2D eigenvalue weighted by Crippen LogP contribution is -2.14. The van der Waals surface area contributed by atoms with Gasteiger partial charge in [-0.25, -0.2) is 4.98 Å². The first-order valence-electron chi connectivity index (χ1n) is 6.99. The summed E-state index contributed by atoms with van der Waals surface area (Å²) in [5, 5.41) is 4.06. The van der Waals surface area contributed by atoms with Gasteiger partial charge < -0.3 is 5.32 Å². The van der Waals surface area contributed by atoms with Crippen LogP contribution in [0, 0.1) is 13.8 Å². The highest BCUT2D eigenvalue weighted by Crippen LogP contribution is 2.23. The second-order valence-corrected chi connectivity index (χ2v) is 5.60. The van der Waals surface area contributed by atoms with Gasteiger partial charge in [-0.15, -0.1) is 0 Å². The molecule has 0 aliphatic rings. The number of hydrogen-bond donors (Lipinski definition) is 1. The molecule has 3 nitrogen and oxygen atoms in total. The predicted octanol–water partition coefficient (Wildman–Crippen LogP) is 4.76. The summed E-state index contributed by atoms with van der Waals surface area (Å²) in [7, 11) is 0. The summed E-state index contributed by atoms with van der Waals surface area (Å²) >= 11 is 6.04. The van der Waals surface area contributed by atoms with Crippen molar-refractivity contribution in [2.45, 2.75) is 13.8 Å². The van der Waals surface area contributed by atoms with Crippen LogP contribution < -0.4 is 5.32 Å². The third-order valence-corrected chi connectivity index (χ3v) is 3.98. The van der Waals surface area contributed by atoms with Gasteiger partial charge in [0.15, 0.2) is 0 Å². The molecule has 1 amide bonds. The van der Waals surface area contributed by atoms with E-state index in [1.165, 1.54) is 0 Å². The normalized spacial score (nSPS) is 10.7. The average Bonchev–Trinajstić information content (AvgIpc) is 2.51. The van der Waals surface area contributed by atoms with Crippen LogP contribution in [0.25, 0.3) is 10.9 Å². The first kappa shape index (κ1) is 14.5. The molecule has 110 valence electrons. The van der Waals surface area contributed by atoms with Gasteiger partial charge in [0.25, 0.3) is 5.91 Å². The molecule has 0 saturated carbocycles. The lowest BCUT2D eigenvalue weighted by molar-refractivity contribution is 0.102. The fourth-order valence-corrected chi connectivity index (χ4v) is 2.61. The van der Waals surface area contributed by atoms with E-state index in [-0.39, 0.29) is 5.91 Å². The monoisotopic (exact) mass is 310 g/mol. The van der Waals surface area contributed by atoms with E-state index in [0.29, 0.717) is 16.2 Å². The molecule has 0 saturated heterocycles. The van der Waals surface area contributed by atoms with Crippen molar-refractivity contribution in [1.29, 1.82) is 0 Å². The van der Waals surface area contributed by atoms with E-state index < -0.39 is 0 Å². The molecule has 2 aromatic carbocycles. The standard InChI is InChI=1S/C18H15ClN2O/c1-11-6-5-9-15(12(11)2)21-18(22)14-10-17(19)20-16-8-4-3-7-13(14)16/h3-10H,1-2H3,(H,21,22). The maximum atomic E-state index is 12.6. The summed E-state index contributed by atoms with van der Waals surface area (Å²) in [4.78, 5) is 16.9. The van der Waals surface area contributed by atoms with Crippen LogP contribution in [0.5, 0.6) is 0 Å². The van der Waals surface area contributed by atoms with Crippen LogP contribution in [-0.4, -0.2) is 10.9 Å². The minimum absolute atomic E-state index is 0.186. The number of nitrogens with one attached hydrogen (secondary N) is 1. The summed E-state index contributed by atoms with van der Waals surface area (Å²) in [6, 6.07) is 14.9. The van der Waals surface area contributed by atoms with Gasteiger partial charge in [0.05, 0.1) is 11.1 Å². The van der Waals surface area contributed by atoms with Gasteiger partial charge in [-0.2, -0.15) is 0 Å². The molecule has 4 heteroatoms. The van der Waals surface area contributed by atoms with Crippen LogP contribution in [-0.2, 0) is 0 Å². The summed E-state index contributed by atoms with van der Waals surface area (Å²) < 4.78 is 0. The van der Waals surface area contributed by atoms with E-state index >= 15 is 0 Å². The van der Waals surface area contributed by atoms with Gasteiger partial charge in [-0.05, 0) is 43.2 Å². The number of para-hydroxylation sites is 1. The molecular formula is C18H15ClN2O. The fraction of sp³-hybridized carbons (Fsp3) is 0.111. The Hall–Kier alpha value is -2.39. The maximum absolute atomic E-state index is 12.6. The summed E-state index contributed by atoms with van der Waals surface area (Å²) in [5.41, 5.74) is 4.23. The first-order chi connectivity index (χ1) is 10.6. The van der Waals surface area contributed by atoms with Gasteiger partial charge in [-0.1, -0.05) is 41.9 Å². The molecule has 0 spiro atoms. The molecule has 22 heavy (non-hydrogen) atoms. The van der Waals surface area contributed by atoms with Gasteiger partial charge in [0, 0.05) is 11.1 Å². The van der Waals surface area contributed by atoms with Crippen molar-refractivity contribution < 1.29 is 4.79 Å². The Kier molecular flexibility index (Phi) is 3.82. The van der Waals surface area contributed by atoms with E-state index in [1.807, 2.05) is 56.3 Å². The average molecular weight is 311 g/mol. The highest BCUT2D eigenvalue weighted by Gasteiger charge is 2.13. The molecule has 3 rings (SSSR count). The summed E-state index contributed by atoms with van der Waals surface area (Å²) in [5.74, 6) is -0.186. The number of fused-ring (bicyclic) bond motifs is 1. The minimum Gasteiger partial charge on any atom is -0.322 e. The molecule has 3 aromatic rings. The van der Waals surface area contributed by atoms with Crippen LogP contribution in [0.1, 0.15) is 21.5 Å². The van der Waals surface area contributed by atoms with E-state index in [4.69, 9.17) is 11.6 Å². The number of hydrogen-bond acceptors (Lipinski definition) is 2. The lowest BCUT2D eigenvalue weighted by Gasteiger charge is -2.12. The van der Waals surface area contributed by atoms with Crippen molar-refractivity contribution in [1.82, 2.24) is 4.98 Å². The molecule has 0 aliphatic carbocycles. The van der Waals surface area contributed by atoms with Crippen molar-refractivity contribution >= 4 is 34.1 Å². The second kappa shape index (κ2) is 5.78. The molecule has 1 aromatic heterocycles. The molecular weight excluding hydrogens is 296 g/mol. The van der Waals surface area contributed by atoms with Crippen LogP contribution in [0.4, 0.5) is 5.69 Å². The third-order valence-electron chi connectivity index (χ3n) is 3.78. The van der Waals surface area contributed by atoms with Crippen LogP contribution in [0.2, 0.25) is 5.15 Å². The highest BCUT2D eigenvalue weighted by atomic mass is 35.5. The zero-order valence-corrected chi connectivity index (χ0v) is 13.1. The molecule has 0 atom stereocenters. The Labute approximate surface area is 133 Å². The van der Waals surface area contributed by atoms with Crippen molar-refractivity contribution in [3.8, 4) is 0 Å². The van der Waals surface area contributed by atoms with Crippen LogP contribution in [0.3, 0.4) is 0 Å². The molecule has 1 heterocycles. The predicted molar refractivity (Wildman–Crippen MR) is 90.6 cm³/mol. The SMILES string of the molecule is Cc1cccc(NC(=O)c2cc(Cl)nc3ccccc23)c1C. The van der Waals surface area contributed by atoms with Crippen LogP contribution in [0.15, 0.2) is 48.5 Å². The number of halogens is 1. The van der Waals surface area contributed by atoms with Gasteiger partial charge in [0.1, 0.15) is 5.15 Å². The number of carbonyl (C=O) groups excluding carboxylic acids is 1. The number of pyridine rings is 1. The molecule has 0 aliphatic heterocycles. The first-order valence-corrected chi connectivity index (χ1v) is 7.37. The fourth-order valence-electron chi connectivity index (χ4n) is 2.41. The van der Waals surface area contributed by atoms with Gasteiger partial charge in [-0.3, -0.25) is 4.79 Å². The number of benzene rings is 2. The number of nitrogens with zero attached hydrogens (tertiary/aromatic N) is 1. The van der Waals surface area contributed by atoms with Crippen LogP contribution >= 0.6 is 11.6 Å². The number of rotatable bonds is 2. The van der Waals surface area contributed by atoms with Crippen molar-refractivity contribution in [2.75, 3.05) is 5.32 Å². The largest absolute Gasteiger partial charge is 0.322 e. The number of aryl methyl sites for hydroxylation is 1. The lowest BCUT2D eigenvalue weighted by atomic mass is 10.1. The van der Waals surface area contributed by atoms with Crippen molar-refractivity contribution in [3.05, 3.63) is 70.4 Å². The van der Waals surface area contributed by atoms with E-state index in [1.54, 1.807) is 6.07 Å². The van der Waals surface area contributed by atoms with E-state index in [9.17, 15) is 4.79 Å². The minimum atomic E-state index is -0.186. The third kappa shape index (κ3) is 2.68. The highest BCUT2D eigenvalue weighted by molar-refractivity contribution is 6.30. The molecule has 0 fully saturated rings. The van der Waals surface area contributed by atoms with Crippen molar-refractivity contribution in [2.24, 2.45) is 0 Å². The molecule has 0 bridgehead atoms. The smallest absolute Gasteiger partial charge is 0.256 e. The quantitative estimate of drug-likeness (QED) is 0.694. The Balaban J connectivity index is 2.04. The Morgan fingerprint density at radius 2 is 1.86 bits per heavy atom. The number of carbonyl (C=O) groups is 1. The molecule has 1 N–H and O–H groups in total. The van der Waals surface area contributed by atoms with E-state index in [0.717, 1.165) is 22.2 Å². The Morgan fingerprint density at radius 3 is 2.68 bits per heavy atom. The van der Waals surface area contributed by atoms with Crippen molar-refractivity contribution in [3.63, 3.8) is 0 Å². The molecule has 0 unspecified atom stereocenters. The number of anilines is 1. The topological polar surface area (TPSA) is 42.0 Å². The number of amides is 1. The number of aromatic nitrogens is 1. The second-order valence-electron chi connectivity index (χ2n) is 5.21. The van der Waals surface area contributed by atoms with Gasteiger partial charge in [0.2, 0.25) is 0 Å². The summed E-state index contributed by atoms with van der Waals surface area (Å²) in [6.07, 6.45) is 0. The van der Waals surface area contributed by atoms with Gasteiger partial charge >= 0.3 is 0 Å².